The van der Waals surface area contributed by atoms with Crippen molar-refractivity contribution in [3.8, 4) is 5.75 Å². The molecule has 0 aromatic heterocycles. The number of hydrogen-bond donors (Lipinski definition) is 2. The molecule has 0 saturated carbocycles. The summed E-state index contributed by atoms with van der Waals surface area (Å²) in [4.78, 5) is 12.0. The second-order valence-electron chi connectivity index (χ2n) is 4.39. The lowest BCUT2D eigenvalue weighted by Crippen LogP contribution is -2.48. The van der Waals surface area contributed by atoms with Crippen LogP contribution in [0.15, 0.2) is 22.7 Å². The summed E-state index contributed by atoms with van der Waals surface area (Å²) >= 11 is 3.33. The van der Waals surface area contributed by atoms with E-state index in [1.807, 2.05) is 13.8 Å². The summed E-state index contributed by atoms with van der Waals surface area (Å²) in [6.07, 6.45) is 0. The molecule has 0 heterocycles. The minimum absolute atomic E-state index is 0.190. The van der Waals surface area contributed by atoms with Crippen LogP contribution in [0.25, 0.3) is 0 Å². The molecule has 4 nitrogen and oxygen atoms in total. The zero-order chi connectivity index (χ0) is 13.1. The number of carbonyl (C=O) groups excluding carboxylic acids is 1. The van der Waals surface area contributed by atoms with E-state index in [1.165, 1.54) is 7.11 Å². The zero-order valence-corrected chi connectivity index (χ0v) is 11.8. The number of methoxy groups -OCH3 is 1. The van der Waals surface area contributed by atoms with Gasteiger partial charge in [0.2, 0.25) is 0 Å². The van der Waals surface area contributed by atoms with E-state index in [2.05, 4.69) is 21.2 Å². The van der Waals surface area contributed by atoms with Crippen LogP contribution in [0.3, 0.4) is 0 Å². The third-order valence-corrected chi connectivity index (χ3v) is 2.86. The first kappa shape index (κ1) is 14.0. The van der Waals surface area contributed by atoms with Crippen molar-refractivity contribution in [2.75, 3.05) is 13.7 Å². The predicted octanol–water partition coefficient (Wildman–Crippen LogP) is 1.92. The van der Waals surface area contributed by atoms with Gasteiger partial charge in [0, 0.05) is 16.6 Å². The van der Waals surface area contributed by atoms with Crippen LogP contribution < -0.4 is 15.8 Å². The van der Waals surface area contributed by atoms with E-state index in [0.717, 1.165) is 4.47 Å². The maximum atomic E-state index is 12.0. The number of amides is 1. The Kier molecular flexibility index (Phi) is 4.54. The van der Waals surface area contributed by atoms with E-state index in [1.54, 1.807) is 18.2 Å². The van der Waals surface area contributed by atoms with Gasteiger partial charge in [-0.15, -0.1) is 0 Å². The summed E-state index contributed by atoms with van der Waals surface area (Å²) in [7, 11) is 1.53. The monoisotopic (exact) mass is 300 g/mol. The van der Waals surface area contributed by atoms with E-state index in [-0.39, 0.29) is 5.91 Å². The first-order chi connectivity index (χ1) is 7.89. The quantitative estimate of drug-likeness (QED) is 0.893. The highest BCUT2D eigenvalue weighted by Gasteiger charge is 2.21. The van der Waals surface area contributed by atoms with Crippen molar-refractivity contribution < 1.29 is 9.53 Å². The fourth-order valence-corrected chi connectivity index (χ4v) is 1.62. The fourth-order valence-electron chi connectivity index (χ4n) is 1.28. The third-order valence-electron chi connectivity index (χ3n) is 2.37. The minimum Gasteiger partial charge on any atom is -0.496 e. The number of hydrogen-bond acceptors (Lipinski definition) is 3. The molecule has 5 heteroatoms. The summed E-state index contributed by atoms with van der Waals surface area (Å²) in [5.41, 5.74) is 5.64. The van der Waals surface area contributed by atoms with Gasteiger partial charge in [-0.3, -0.25) is 4.79 Å². The fraction of sp³-hybridized carbons (Fsp3) is 0.417. The normalized spacial score (nSPS) is 11.1. The highest BCUT2D eigenvalue weighted by atomic mass is 79.9. The Morgan fingerprint density at radius 1 is 1.53 bits per heavy atom. The van der Waals surface area contributed by atoms with Crippen LogP contribution >= 0.6 is 15.9 Å². The molecule has 0 spiro atoms. The van der Waals surface area contributed by atoms with Crippen molar-refractivity contribution in [1.82, 2.24) is 5.32 Å². The number of nitrogens with one attached hydrogen (secondary N) is 1. The van der Waals surface area contributed by atoms with Crippen LogP contribution in [0.4, 0.5) is 0 Å². The van der Waals surface area contributed by atoms with Crippen LogP contribution in [0.1, 0.15) is 24.2 Å². The molecular formula is C12H17BrN2O2. The van der Waals surface area contributed by atoms with Crippen LogP contribution in [-0.4, -0.2) is 25.1 Å². The maximum Gasteiger partial charge on any atom is 0.255 e. The van der Waals surface area contributed by atoms with Gasteiger partial charge in [0.1, 0.15) is 5.75 Å². The van der Waals surface area contributed by atoms with Crippen LogP contribution in [-0.2, 0) is 0 Å². The largest absolute Gasteiger partial charge is 0.496 e. The lowest BCUT2D eigenvalue weighted by molar-refractivity contribution is 0.0912. The Labute approximate surface area is 110 Å². The second kappa shape index (κ2) is 5.51. The Morgan fingerprint density at radius 3 is 2.71 bits per heavy atom. The van der Waals surface area contributed by atoms with Gasteiger partial charge in [0.15, 0.2) is 0 Å². The topological polar surface area (TPSA) is 64.3 Å². The van der Waals surface area contributed by atoms with Gasteiger partial charge in [-0.1, -0.05) is 15.9 Å². The maximum absolute atomic E-state index is 12.0. The summed E-state index contributed by atoms with van der Waals surface area (Å²) in [5.74, 6) is 0.342. The lowest BCUT2D eigenvalue weighted by atomic mass is 10.0. The molecule has 0 aliphatic heterocycles. The Morgan fingerprint density at radius 2 is 2.18 bits per heavy atom. The molecule has 0 fully saturated rings. The minimum atomic E-state index is -0.435. The SMILES string of the molecule is COc1cc(Br)ccc1C(=O)NC(C)(C)CN. The molecule has 0 bridgehead atoms. The van der Waals surface area contributed by atoms with Gasteiger partial charge in [-0.05, 0) is 32.0 Å². The number of benzene rings is 1. The van der Waals surface area contributed by atoms with Crippen molar-refractivity contribution >= 4 is 21.8 Å². The molecule has 0 radical (unpaired) electrons. The zero-order valence-electron chi connectivity index (χ0n) is 10.2. The first-order valence-corrected chi connectivity index (χ1v) is 6.05. The highest BCUT2D eigenvalue weighted by molar-refractivity contribution is 9.10. The number of nitrogens with two attached hydrogens (primary N) is 1. The lowest BCUT2D eigenvalue weighted by Gasteiger charge is -2.24. The second-order valence-corrected chi connectivity index (χ2v) is 5.30. The average molecular weight is 301 g/mol. The third kappa shape index (κ3) is 3.71. The highest BCUT2D eigenvalue weighted by Crippen LogP contribution is 2.23. The van der Waals surface area contributed by atoms with E-state index >= 15 is 0 Å². The van der Waals surface area contributed by atoms with Crippen LogP contribution in [0.5, 0.6) is 5.75 Å². The molecule has 0 unspecified atom stereocenters. The van der Waals surface area contributed by atoms with E-state index < -0.39 is 5.54 Å². The smallest absolute Gasteiger partial charge is 0.255 e. The molecule has 1 aromatic carbocycles. The van der Waals surface area contributed by atoms with E-state index in [0.29, 0.717) is 17.9 Å². The van der Waals surface area contributed by atoms with E-state index in [4.69, 9.17) is 10.5 Å². The molecule has 1 amide bonds. The molecule has 0 aliphatic carbocycles. The molecule has 3 N–H and O–H groups in total. The van der Waals surface area contributed by atoms with E-state index in [9.17, 15) is 4.79 Å². The van der Waals surface area contributed by atoms with Gasteiger partial charge < -0.3 is 15.8 Å². The number of ether oxygens (including phenoxy) is 1. The standard InChI is InChI=1S/C12H17BrN2O2/c1-12(2,7-14)15-11(16)9-5-4-8(13)6-10(9)17-3/h4-6H,7,14H2,1-3H3,(H,15,16). The number of halogens is 1. The molecule has 17 heavy (non-hydrogen) atoms. The van der Waals surface area contributed by atoms with Crippen LogP contribution in [0.2, 0.25) is 0 Å². The van der Waals surface area contributed by atoms with Gasteiger partial charge in [0.25, 0.3) is 5.91 Å². The molecule has 0 aliphatic rings. The van der Waals surface area contributed by atoms with Gasteiger partial charge in [-0.25, -0.2) is 0 Å². The van der Waals surface area contributed by atoms with Crippen molar-refractivity contribution in [2.45, 2.75) is 19.4 Å². The molecule has 1 rings (SSSR count). The van der Waals surface area contributed by atoms with Crippen molar-refractivity contribution in [3.63, 3.8) is 0 Å². The summed E-state index contributed by atoms with van der Waals surface area (Å²) in [5, 5.41) is 2.86. The van der Waals surface area contributed by atoms with Gasteiger partial charge in [-0.2, -0.15) is 0 Å². The molecule has 0 saturated heterocycles. The van der Waals surface area contributed by atoms with Gasteiger partial charge >= 0.3 is 0 Å². The predicted molar refractivity (Wildman–Crippen MR) is 71.3 cm³/mol. The Balaban J connectivity index is 2.96. The Bertz CT molecular complexity index is 419. The Hall–Kier alpha value is -1.07. The van der Waals surface area contributed by atoms with Crippen molar-refractivity contribution in [3.05, 3.63) is 28.2 Å². The molecule has 94 valence electrons. The first-order valence-electron chi connectivity index (χ1n) is 5.26. The molecule has 1 aromatic rings. The summed E-state index contributed by atoms with van der Waals surface area (Å²) in [6, 6.07) is 5.27. The van der Waals surface area contributed by atoms with Crippen molar-refractivity contribution in [1.29, 1.82) is 0 Å². The average Bonchev–Trinajstić information content (AvgIpc) is 2.28. The summed E-state index contributed by atoms with van der Waals surface area (Å²) < 4.78 is 6.04. The van der Waals surface area contributed by atoms with Crippen LogP contribution in [0, 0.1) is 0 Å². The van der Waals surface area contributed by atoms with Crippen molar-refractivity contribution in [2.24, 2.45) is 5.73 Å². The summed E-state index contributed by atoms with van der Waals surface area (Å²) in [6.45, 7) is 4.12. The number of carbonyl (C=O) groups is 1. The number of rotatable bonds is 4. The van der Waals surface area contributed by atoms with Gasteiger partial charge in [0.05, 0.1) is 12.7 Å². The molecular weight excluding hydrogens is 284 g/mol. The molecule has 0 atom stereocenters.